The van der Waals surface area contributed by atoms with Crippen LogP contribution in [0.25, 0.3) is 67.8 Å². The van der Waals surface area contributed by atoms with Gasteiger partial charge in [-0.25, -0.2) is 38.7 Å². The van der Waals surface area contributed by atoms with Gasteiger partial charge in [-0.1, -0.05) is 133 Å². The fourth-order valence-electron chi connectivity index (χ4n) is 8.56. The zero-order chi connectivity index (χ0) is 49.9. The number of rotatable bonds is 8. The van der Waals surface area contributed by atoms with Crippen molar-refractivity contribution in [2.24, 2.45) is 0 Å². The third kappa shape index (κ3) is 7.80. The molecular weight excluding hydrogens is 903 g/mol. The lowest BCUT2D eigenvalue weighted by molar-refractivity contribution is 0.623. The van der Waals surface area contributed by atoms with E-state index in [4.69, 9.17) is 29.9 Å². The van der Waals surface area contributed by atoms with Gasteiger partial charge in [-0.15, -0.1) is 0 Å². The van der Waals surface area contributed by atoms with Gasteiger partial charge in [0.05, 0.1) is 33.4 Å². The van der Waals surface area contributed by atoms with Crippen LogP contribution >= 0.6 is 0 Å². The fraction of sp³-hybridized carbons (Fsp3) is 0. The molecule has 0 unspecified atom stereocenters. The molecule has 8 aromatic rings. The number of hydrogen-bond acceptors (Lipinski definition) is 12. The molecule has 10 rings (SSSR count). The SMILES string of the molecule is N#CC1=C(c2nc(-c3ccccc3)nc(-c3ccccc3)n2)/C(=C(\C#N)c2ccc(C#N)c(F)c2)C2=C1/C(=C(/C#N)c1ccc(C#N)c(F)c1)C(c1nc(-c3ccccc3)nc(-c3ccccc3)n1)=C2C#N. The topological polar surface area (TPSA) is 220 Å². The number of nitrogens with zero attached hydrogens (tertiary/aromatic N) is 12. The molecule has 0 fully saturated rings. The number of benzene rings is 6. The zero-order valence-electron chi connectivity index (χ0n) is 37.1. The Bertz CT molecular complexity index is 3660. The highest BCUT2D eigenvalue weighted by atomic mass is 19.1. The Morgan fingerprint density at radius 3 is 0.875 bits per heavy atom. The molecule has 0 spiro atoms. The van der Waals surface area contributed by atoms with E-state index in [2.05, 4.69) is 24.3 Å². The van der Waals surface area contributed by atoms with E-state index in [0.29, 0.717) is 22.3 Å². The third-order valence-corrected chi connectivity index (χ3v) is 11.8. The van der Waals surface area contributed by atoms with Crippen molar-refractivity contribution in [1.82, 2.24) is 29.9 Å². The van der Waals surface area contributed by atoms with Gasteiger partial charge in [0.25, 0.3) is 0 Å². The molecule has 332 valence electrons. The average Bonchev–Trinajstić information content (AvgIpc) is 3.94. The molecule has 0 saturated heterocycles. The van der Waals surface area contributed by atoms with Crippen molar-refractivity contribution in [3.63, 3.8) is 0 Å². The maximum absolute atomic E-state index is 15.8. The Hall–Kier alpha value is -11.2. The third-order valence-electron chi connectivity index (χ3n) is 11.8. The first-order chi connectivity index (χ1) is 35.3. The van der Waals surface area contributed by atoms with Gasteiger partial charge in [-0.3, -0.25) is 0 Å². The van der Waals surface area contributed by atoms with Gasteiger partial charge in [-0.05, 0) is 35.4 Å². The molecule has 0 amide bonds. The Morgan fingerprint density at radius 2 is 0.625 bits per heavy atom. The molecule has 0 bridgehead atoms. The van der Waals surface area contributed by atoms with Crippen molar-refractivity contribution in [3.8, 4) is 82.0 Å². The first-order valence-corrected chi connectivity index (χ1v) is 21.8. The number of allylic oxidation sites excluding steroid dienone is 10. The van der Waals surface area contributed by atoms with Crippen LogP contribution in [0, 0.1) is 79.6 Å². The summed E-state index contributed by atoms with van der Waals surface area (Å²) in [5.74, 6) is -1.50. The molecule has 2 heterocycles. The van der Waals surface area contributed by atoms with Gasteiger partial charge in [0.1, 0.15) is 48.0 Å². The minimum absolute atomic E-state index is 0.0445. The van der Waals surface area contributed by atoms with E-state index in [9.17, 15) is 31.6 Å². The second kappa shape index (κ2) is 18.8. The summed E-state index contributed by atoms with van der Waals surface area (Å²) in [6.07, 6.45) is 0. The normalized spacial score (nSPS) is 14.1. The molecule has 0 radical (unpaired) electrons. The van der Waals surface area contributed by atoms with Crippen LogP contribution < -0.4 is 0 Å². The van der Waals surface area contributed by atoms with Gasteiger partial charge in [0.15, 0.2) is 34.9 Å². The van der Waals surface area contributed by atoms with Gasteiger partial charge in [0, 0.05) is 55.7 Å². The van der Waals surface area contributed by atoms with Crippen molar-refractivity contribution in [1.29, 1.82) is 31.6 Å². The maximum Gasteiger partial charge on any atom is 0.166 e. The summed E-state index contributed by atoms with van der Waals surface area (Å²) in [5, 5.41) is 65.5. The van der Waals surface area contributed by atoms with E-state index >= 15 is 8.78 Å². The molecule has 0 aliphatic heterocycles. The van der Waals surface area contributed by atoms with Gasteiger partial charge >= 0.3 is 0 Å². The van der Waals surface area contributed by atoms with E-state index in [1.54, 1.807) is 109 Å². The lowest BCUT2D eigenvalue weighted by Crippen LogP contribution is -2.09. The van der Waals surface area contributed by atoms with Crippen LogP contribution in [-0.2, 0) is 0 Å². The van der Waals surface area contributed by atoms with E-state index < -0.39 is 11.6 Å². The second-order valence-electron chi connectivity index (χ2n) is 15.9. The summed E-state index contributed by atoms with van der Waals surface area (Å²) in [6.45, 7) is 0. The first-order valence-electron chi connectivity index (χ1n) is 21.8. The van der Waals surface area contributed by atoms with Crippen LogP contribution in [-0.4, -0.2) is 29.9 Å². The highest BCUT2D eigenvalue weighted by Crippen LogP contribution is 2.58. The van der Waals surface area contributed by atoms with Crippen molar-refractivity contribution in [2.45, 2.75) is 0 Å². The van der Waals surface area contributed by atoms with Crippen molar-refractivity contribution >= 4 is 22.3 Å². The number of aromatic nitrogens is 6. The molecule has 6 aromatic carbocycles. The lowest BCUT2D eigenvalue weighted by atomic mass is 9.86. The lowest BCUT2D eigenvalue weighted by Gasteiger charge is -2.17. The minimum atomic E-state index is -0.954. The van der Waals surface area contributed by atoms with Gasteiger partial charge < -0.3 is 0 Å². The average molecular weight is 929 g/mol. The summed E-state index contributed by atoms with van der Waals surface area (Å²) >= 11 is 0. The Morgan fingerprint density at radius 1 is 0.333 bits per heavy atom. The second-order valence-corrected chi connectivity index (χ2v) is 15.9. The Kier molecular flexibility index (Phi) is 11.7. The quantitative estimate of drug-likeness (QED) is 0.130. The predicted molar refractivity (Wildman–Crippen MR) is 261 cm³/mol. The highest BCUT2D eigenvalue weighted by molar-refractivity contribution is 6.16. The van der Waals surface area contributed by atoms with E-state index in [-0.39, 0.29) is 113 Å². The largest absolute Gasteiger partial charge is 0.208 e. The first kappa shape index (κ1) is 44.7. The summed E-state index contributed by atoms with van der Waals surface area (Å²) < 4.78 is 31.5. The van der Waals surface area contributed by atoms with Gasteiger partial charge in [0.2, 0.25) is 0 Å². The molecule has 2 aliphatic rings. The smallest absolute Gasteiger partial charge is 0.166 e. The molecule has 2 aliphatic carbocycles. The van der Waals surface area contributed by atoms with Crippen LogP contribution in [0.2, 0.25) is 0 Å². The monoisotopic (exact) mass is 928 g/mol. The van der Waals surface area contributed by atoms with E-state index in [1.807, 2.05) is 24.3 Å². The molecule has 14 heteroatoms. The van der Waals surface area contributed by atoms with Crippen LogP contribution in [0.3, 0.4) is 0 Å². The fourth-order valence-corrected chi connectivity index (χ4v) is 8.56. The van der Waals surface area contributed by atoms with Crippen molar-refractivity contribution in [2.75, 3.05) is 0 Å². The van der Waals surface area contributed by atoms with Crippen molar-refractivity contribution < 1.29 is 8.78 Å². The predicted octanol–water partition coefficient (Wildman–Crippen LogP) is 11.3. The Balaban J connectivity index is 1.38. The number of nitriles is 6. The van der Waals surface area contributed by atoms with Crippen molar-refractivity contribution in [3.05, 3.63) is 237 Å². The van der Waals surface area contributed by atoms with Crippen LogP contribution in [0.15, 0.2) is 191 Å². The molecule has 12 nitrogen and oxygen atoms in total. The van der Waals surface area contributed by atoms with Crippen LogP contribution in [0.1, 0.15) is 33.9 Å². The van der Waals surface area contributed by atoms with E-state index in [1.165, 1.54) is 24.3 Å². The van der Waals surface area contributed by atoms with E-state index in [0.717, 1.165) is 12.1 Å². The van der Waals surface area contributed by atoms with Crippen LogP contribution in [0.4, 0.5) is 8.78 Å². The molecular formula is C58H26F2N12. The highest BCUT2D eigenvalue weighted by Gasteiger charge is 2.46. The minimum Gasteiger partial charge on any atom is -0.208 e. The molecule has 72 heavy (non-hydrogen) atoms. The summed E-state index contributed by atoms with van der Waals surface area (Å²) in [5.41, 5.74) is 0.0211. The van der Waals surface area contributed by atoms with Gasteiger partial charge in [-0.2, -0.15) is 31.6 Å². The molecule has 0 atom stereocenters. The number of halogens is 2. The molecule has 0 N–H and O–H groups in total. The maximum atomic E-state index is 15.8. The van der Waals surface area contributed by atoms with Crippen LogP contribution in [0.5, 0.6) is 0 Å². The summed E-state index contributed by atoms with van der Waals surface area (Å²) in [6, 6.07) is 55.4. The standard InChI is InChI=1S/C58H26F2N12/c59-45-25-37(21-23-39(45)27-61)41(29-63)47-50-44(32-66)52(58-71-55(35-17-9-3-10-18-35)68-56(72-58)36-19-11-4-12-20-36)48(42(30-64)38-22-24-40(28-62)46(60)26-38)49(50)43(31-65)51(47)57-69-53(33-13-5-1-6-14-33)67-54(70-57)34-15-7-2-8-16-34/h1-26H/b47-41+,48-42+. The number of hydrogen-bond donors (Lipinski definition) is 0. The zero-order valence-corrected chi connectivity index (χ0v) is 37.1. The Labute approximate surface area is 409 Å². The molecule has 0 saturated carbocycles. The summed E-state index contributed by atoms with van der Waals surface area (Å²) in [7, 11) is 0. The molecule has 2 aromatic heterocycles. The summed E-state index contributed by atoms with van der Waals surface area (Å²) in [4.78, 5) is 29.3.